The lowest BCUT2D eigenvalue weighted by molar-refractivity contribution is 0.241. The molecule has 1 aliphatic heterocycles. The van der Waals surface area contributed by atoms with Crippen LogP contribution in [0.1, 0.15) is 24.5 Å². The topological polar surface area (TPSA) is 50.8 Å². The number of fused-ring (bicyclic) bond motifs is 1. The number of aryl methyl sites for hydroxylation is 1. The summed E-state index contributed by atoms with van der Waals surface area (Å²) in [4.78, 5) is 0. The number of nitrogens with zero attached hydrogens (tertiary/aromatic N) is 3. The van der Waals surface area contributed by atoms with Crippen molar-refractivity contribution in [1.82, 2.24) is 9.78 Å². The Morgan fingerprint density at radius 1 is 1.45 bits per heavy atom. The van der Waals surface area contributed by atoms with Crippen LogP contribution < -0.4 is 4.74 Å². The number of para-hydroxylation sites is 1. The maximum Gasteiger partial charge on any atom is 0.124 e. The number of benzene rings is 1. The van der Waals surface area contributed by atoms with Crippen LogP contribution in [0.3, 0.4) is 0 Å². The van der Waals surface area contributed by atoms with E-state index in [-0.39, 0.29) is 0 Å². The summed E-state index contributed by atoms with van der Waals surface area (Å²) in [6.07, 6.45) is 5.29. The van der Waals surface area contributed by atoms with Crippen molar-refractivity contribution in [2.75, 3.05) is 6.61 Å². The van der Waals surface area contributed by atoms with Gasteiger partial charge in [0.15, 0.2) is 0 Å². The summed E-state index contributed by atoms with van der Waals surface area (Å²) in [7, 11) is 0. The minimum absolute atomic E-state index is 0.504. The van der Waals surface area contributed by atoms with E-state index in [9.17, 15) is 5.26 Å². The third kappa shape index (κ3) is 2.05. The highest BCUT2D eigenvalue weighted by atomic mass is 16.5. The van der Waals surface area contributed by atoms with Crippen LogP contribution in [0.5, 0.6) is 5.75 Å². The molecule has 0 radical (unpaired) electrons. The maximum atomic E-state index is 9.78. The van der Waals surface area contributed by atoms with Gasteiger partial charge in [-0.15, -0.1) is 0 Å². The first-order chi connectivity index (χ1) is 9.77. The molecule has 1 unspecified atom stereocenters. The molecule has 4 heteroatoms. The average Bonchev–Trinajstić information content (AvgIpc) is 2.95. The van der Waals surface area contributed by atoms with Gasteiger partial charge in [0.25, 0.3) is 0 Å². The van der Waals surface area contributed by atoms with Gasteiger partial charge in [-0.05, 0) is 25.0 Å². The summed E-state index contributed by atoms with van der Waals surface area (Å²) < 4.78 is 7.57. The summed E-state index contributed by atoms with van der Waals surface area (Å²) in [5.74, 6) is 0.836. The largest absolute Gasteiger partial charge is 0.493 e. The fourth-order valence-corrected chi connectivity index (χ4v) is 2.82. The van der Waals surface area contributed by atoms with Crippen LogP contribution in [-0.4, -0.2) is 16.4 Å². The predicted octanol–water partition coefficient (Wildman–Crippen LogP) is 2.69. The van der Waals surface area contributed by atoms with Crippen molar-refractivity contribution >= 4 is 0 Å². The number of hydrogen-bond acceptors (Lipinski definition) is 3. The Hall–Kier alpha value is -2.28. The maximum absolute atomic E-state index is 9.78. The molecule has 20 heavy (non-hydrogen) atoms. The third-order valence-corrected chi connectivity index (χ3v) is 3.92. The standard InChI is InChI=1S/C16H17N3O/c1-2-19-11-13(10-18-19)9-16(12-17)7-8-20-15-6-4-3-5-14(15)16/h3-6,10-11H,2,7-9H2,1H3. The van der Waals surface area contributed by atoms with Crippen molar-refractivity contribution in [1.29, 1.82) is 5.26 Å². The zero-order valence-electron chi connectivity index (χ0n) is 11.5. The Labute approximate surface area is 118 Å². The van der Waals surface area contributed by atoms with Crippen LogP contribution in [0.15, 0.2) is 36.7 Å². The fraction of sp³-hybridized carbons (Fsp3) is 0.375. The molecule has 0 saturated carbocycles. The Morgan fingerprint density at radius 3 is 3.05 bits per heavy atom. The van der Waals surface area contributed by atoms with Crippen LogP contribution in [-0.2, 0) is 18.4 Å². The van der Waals surface area contributed by atoms with Crippen molar-refractivity contribution in [2.24, 2.45) is 0 Å². The second-order valence-corrected chi connectivity index (χ2v) is 5.17. The number of ether oxygens (including phenoxy) is 1. The van der Waals surface area contributed by atoms with E-state index in [4.69, 9.17) is 4.74 Å². The number of rotatable bonds is 3. The van der Waals surface area contributed by atoms with E-state index in [1.807, 2.05) is 41.3 Å². The summed E-state index contributed by atoms with van der Waals surface area (Å²) in [5.41, 5.74) is 1.60. The number of aromatic nitrogens is 2. The first-order valence-electron chi connectivity index (χ1n) is 6.92. The molecule has 1 aromatic heterocycles. The first kappa shape index (κ1) is 12.7. The lowest BCUT2D eigenvalue weighted by Crippen LogP contribution is -2.33. The quantitative estimate of drug-likeness (QED) is 0.859. The van der Waals surface area contributed by atoms with Gasteiger partial charge >= 0.3 is 0 Å². The lowest BCUT2D eigenvalue weighted by Gasteiger charge is -2.32. The molecule has 2 aromatic rings. The lowest BCUT2D eigenvalue weighted by atomic mass is 9.73. The molecule has 0 aliphatic carbocycles. The van der Waals surface area contributed by atoms with Gasteiger partial charge in [-0.1, -0.05) is 18.2 Å². The minimum Gasteiger partial charge on any atom is -0.493 e. The van der Waals surface area contributed by atoms with Crippen molar-refractivity contribution in [3.63, 3.8) is 0 Å². The summed E-state index contributed by atoms with van der Waals surface area (Å²) >= 11 is 0. The zero-order valence-corrected chi connectivity index (χ0v) is 11.5. The van der Waals surface area contributed by atoms with E-state index in [0.29, 0.717) is 13.0 Å². The Balaban J connectivity index is 1.99. The molecule has 1 aromatic carbocycles. The molecule has 0 amide bonds. The summed E-state index contributed by atoms with van der Waals surface area (Å²) in [6, 6.07) is 10.4. The van der Waals surface area contributed by atoms with Gasteiger partial charge in [-0.2, -0.15) is 10.4 Å². The minimum atomic E-state index is -0.504. The van der Waals surface area contributed by atoms with Gasteiger partial charge < -0.3 is 4.74 Å². The molecule has 0 fully saturated rings. The highest BCUT2D eigenvalue weighted by Gasteiger charge is 2.38. The molecule has 0 spiro atoms. The van der Waals surface area contributed by atoms with Crippen molar-refractivity contribution in [3.05, 3.63) is 47.8 Å². The van der Waals surface area contributed by atoms with E-state index in [2.05, 4.69) is 18.1 Å². The molecule has 3 rings (SSSR count). The Morgan fingerprint density at radius 2 is 2.30 bits per heavy atom. The molecule has 0 N–H and O–H groups in total. The van der Waals surface area contributed by atoms with E-state index in [1.165, 1.54) is 0 Å². The highest BCUT2D eigenvalue weighted by molar-refractivity contribution is 5.46. The van der Waals surface area contributed by atoms with Crippen LogP contribution in [0, 0.1) is 11.3 Å². The molecule has 2 heterocycles. The van der Waals surface area contributed by atoms with Gasteiger partial charge in [0, 0.05) is 24.7 Å². The van der Waals surface area contributed by atoms with Gasteiger partial charge in [-0.25, -0.2) is 0 Å². The molecular weight excluding hydrogens is 250 g/mol. The van der Waals surface area contributed by atoms with Gasteiger partial charge in [0.1, 0.15) is 5.75 Å². The monoisotopic (exact) mass is 267 g/mol. The van der Waals surface area contributed by atoms with Crippen molar-refractivity contribution in [2.45, 2.75) is 31.7 Å². The zero-order chi connectivity index (χ0) is 14.0. The van der Waals surface area contributed by atoms with Crippen LogP contribution >= 0.6 is 0 Å². The summed E-state index contributed by atoms with van der Waals surface area (Å²) in [5, 5.41) is 14.1. The predicted molar refractivity (Wildman–Crippen MR) is 75.5 cm³/mol. The number of nitriles is 1. The molecule has 102 valence electrons. The Bertz CT molecular complexity index is 656. The number of hydrogen-bond donors (Lipinski definition) is 0. The average molecular weight is 267 g/mol. The molecular formula is C16H17N3O. The van der Waals surface area contributed by atoms with Gasteiger partial charge in [0.05, 0.1) is 24.3 Å². The Kier molecular flexibility index (Phi) is 3.19. The van der Waals surface area contributed by atoms with E-state index in [0.717, 1.165) is 29.8 Å². The van der Waals surface area contributed by atoms with Crippen LogP contribution in [0.4, 0.5) is 0 Å². The SMILES string of the molecule is CCn1cc(CC2(C#N)CCOc3ccccc32)cn1. The first-order valence-corrected chi connectivity index (χ1v) is 6.92. The molecule has 1 aliphatic rings. The van der Waals surface area contributed by atoms with Gasteiger partial charge in [-0.3, -0.25) is 4.68 Å². The van der Waals surface area contributed by atoms with Crippen LogP contribution in [0.25, 0.3) is 0 Å². The molecule has 0 bridgehead atoms. The van der Waals surface area contributed by atoms with Crippen molar-refractivity contribution in [3.8, 4) is 11.8 Å². The summed E-state index contributed by atoms with van der Waals surface area (Å²) in [6.45, 7) is 3.49. The third-order valence-electron chi connectivity index (χ3n) is 3.92. The smallest absolute Gasteiger partial charge is 0.124 e. The van der Waals surface area contributed by atoms with E-state index in [1.54, 1.807) is 0 Å². The second-order valence-electron chi connectivity index (χ2n) is 5.17. The fourth-order valence-electron chi connectivity index (χ4n) is 2.82. The molecule has 1 atom stereocenters. The van der Waals surface area contributed by atoms with Gasteiger partial charge in [0.2, 0.25) is 0 Å². The molecule has 0 saturated heterocycles. The normalized spacial score (nSPS) is 20.8. The van der Waals surface area contributed by atoms with Crippen molar-refractivity contribution < 1.29 is 4.74 Å². The van der Waals surface area contributed by atoms with Crippen LogP contribution in [0.2, 0.25) is 0 Å². The second kappa shape index (κ2) is 5.01. The highest BCUT2D eigenvalue weighted by Crippen LogP contribution is 2.40. The van der Waals surface area contributed by atoms with E-state index >= 15 is 0 Å². The van der Waals surface area contributed by atoms with E-state index < -0.39 is 5.41 Å². The molecule has 4 nitrogen and oxygen atoms in total.